The standard InChI is InChI=1S/C18H31N5O2S2.HI/c1-3-19-18(20-15-16-6-8-23(9-7-16)27(2,24)25)22-12-10-21(11-13-22)17-5-4-14-26-17;/h4-5,14,16H,3,6-13,15H2,1-2H3,(H,19,20);1H. The molecule has 1 N–H and O–H groups in total. The number of thiophene rings is 1. The van der Waals surface area contributed by atoms with Crippen molar-refractivity contribution in [1.82, 2.24) is 14.5 Å². The van der Waals surface area contributed by atoms with Crippen LogP contribution in [0.2, 0.25) is 0 Å². The van der Waals surface area contributed by atoms with Crippen molar-refractivity contribution in [2.45, 2.75) is 19.8 Å². The fourth-order valence-corrected chi connectivity index (χ4v) is 5.31. The van der Waals surface area contributed by atoms with Gasteiger partial charge in [0.2, 0.25) is 10.0 Å². The van der Waals surface area contributed by atoms with E-state index in [0.717, 1.165) is 58.1 Å². The molecule has 0 unspecified atom stereocenters. The lowest BCUT2D eigenvalue weighted by Crippen LogP contribution is -2.52. The van der Waals surface area contributed by atoms with Gasteiger partial charge >= 0.3 is 0 Å². The number of anilines is 1. The van der Waals surface area contributed by atoms with Gasteiger partial charge in [-0.15, -0.1) is 35.3 Å². The molecule has 2 saturated heterocycles. The zero-order chi connectivity index (χ0) is 19.3. The van der Waals surface area contributed by atoms with Gasteiger partial charge in [-0.1, -0.05) is 0 Å². The van der Waals surface area contributed by atoms with E-state index in [2.05, 4.69) is 39.6 Å². The zero-order valence-electron chi connectivity index (χ0n) is 16.7. The molecule has 7 nitrogen and oxygen atoms in total. The number of piperidine rings is 1. The molecule has 2 aliphatic heterocycles. The number of guanidine groups is 1. The Bertz CT molecular complexity index is 710. The fourth-order valence-electron chi connectivity index (χ4n) is 3.65. The second-order valence-corrected chi connectivity index (χ2v) is 10.1. The molecular weight excluding hydrogens is 509 g/mol. The van der Waals surface area contributed by atoms with Gasteiger partial charge in [-0.25, -0.2) is 12.7 Å². The van der Waals surface area contributed by atoms with Gasteiger partial charge in [-0.3, -0.25) is 4.99 Å². The molecule has 0 atom stereocenters. The number of hydrogen-bond acceptors (Lipinski definition) is 5. The Morgan fingerprint density at radius 3 is 2.43 bits per heavy atom. The molecule has 2 aliphatic rings. The molecule has 3 rings (SSSR count). The van der Waals surface area contributed by atoms with Crippen LogP contribution < -0.4 is 10.2 Å². The van der Waals surface area contributed by atoms with Crippen molar-refractivity contribution in [2.24, 2.45) is 10.9 Å². The lowest BCUT2D eigenvalue weighted by molar-refractivity contribution is 0.279. The summed E-state index contributed by atoms with van der Waals surface area (Å²) >= 11 is 1.79. The van der Waals surface area contributed by atoms with Crippen LogP contribution in [0.1, 0.15) is 19.8 Å². The van der Waals surface area contributed by atoms with Crippen molar-refractivity contribution in [3.05, 3.63) is 17.5 Å². The van der Waals surface area contributed by atoms with Crippen LogP contribution in [-0.4, -0.2) is 82.2 Å². The largest absolute Gasteiger partial charge is 0.360 e. The lowest BCUT2D eigenvalue weighted by atomic mass is 9.98. The van der Waals surface area contributed by atoms with Gasteiger partial charge in [0.25, 0.3) is 0 Å². The molecule has 0 radical (unpaired) electrons. The summed E-state index contributed by atoms with van der Waals surface area (Å²) in [4.78, 5) is 9.67. The third kappa shape index (κ3) is 6.46. The summed E-state index contributed by atoms with van der Waals surface area (Å²) in [6, 6.07) is 4.29. The average Bonchev–Trinajstić information content (AvgIpc) is 3.20. The van der Waals surface area contributed by atoms with E-state index in [1.807, 2.05) is 0 Å². The Morgan fingerprint density at radius 1 is 1.21 bits per heavy atom. The Morgan fingerprint density at radius 2 is 1.89 bits per heavy atom. The Hall–Kier alpha value is -0.590. The first-order valence-corrected chi connectivity index (χ1v) is 12.5. The lowest BCUT2D eigenvalue weighted by Gasteiger charge is -2.37. The number of hydrogen-bond donors (Lipinski definition) is 1. The van der Waals surface area contributed by atoms with Gasteiger partial charge in [-0.2, -0.15) is 0 Å². The van der Waals surface area contributed by atoms with Crippen molar-refractivity contribution < 1.29 is 8.42 Å². The van der Waals surface area contributed by atoms with Gasteiger partial charge in [0.05, 0.1) is 11.3 Å². The minimum absolute atomic E-state index is 0. The number of aliphatic imine (C=N–C) groups is 1. The Labute approximate surface area is 190 Å². The summed E-state index contributed by atoms with van der Waals surface area (Å²) in [5.74, 6) is 1.46. The Kier molecular flexibility index (Phi) is 9.29. The highest BCUT2D eigenvalue weighted by Crippen LogP contribution is 2.23. The summed E-state index contributed by atoms with van der Waals surface area (Å²) < 4.78 is 24.9. The van der Waals surface area contributed by atoms with Crippen molar-refractivity contribution in [3.63, 3.8) is 0 Å². The topological polar surface area (TPSA) is 68.2 Å². The van der Waals surface area contributed by atoms with Gasteiger partial charge < -0.3 is 15.1 Å². The van der Waals surface area contributed by atoms with Gasteiger partial charge in [0.1, 0.15) is 0 Å². The molecule has 10 heteroatoms. The molecule has 28 heavy (non-hydrogen) atoms. The maximum Gasteiger partial charge on any atom is 0.211 e. The third-order valence-corrected chi connectivity index (χ3v) is 7.51. The third-order valence-electron chi connectivity index (χ3n) is 5.27. The van der Waals surface area contributed by atoms with E-state index in [1.54, 1.807) is 15.6 Å². The molecule has 0 aromatic carbocycles. The molecule has 1 aromatic rings. The summed E-state index contributed by atoms with van der Waals surface area (Å²) in [5, 5.41) is 6.90. The maximum atomic E-state index is 11.6. The van der Waals surface area contributed by atoms with Crippen molar-refractivity contribution in [3.8, 4) is 0 Å². The predicted molar refractivity (Wildman–Crippen MR) is 129 cm³/mol. The van der Waals surface area contributed by atoms with E-state index in [0.29, 0.717) is 19.0 Å². The molecular formula is C18H32IN5O2S2. The maximum absolute atomic E-state index is 11.6. The first-order chi connectivity index (χ1) is 13.0. The monoisotopic (exact) mass is 541 g/mol. The van der Waals surface area contributed by atoms with E-state index < -0.39 is 10.0 Å². The second-order valence-electron chi connectivity index (χ2n) is 7.23. The van der Waals surface area contributed by atoms with E-state index in [9.17, 15) is 8.42 Å². The molecule has 3 heterocycles. The summed E-state index contributed by atoms with van der Waals surface area (Å²) in [6.45, 7) is 8.93. The number of sulfonamides is 1. The minimum atomic E-state index is -3.06. The smallest absolute Gasteiger partial charge is 0.211 e. The second kappa shape index (κ2) is 11.0. The van der Waals surface area contributed by atoms with Crippen molar-refractivity contribution in [1.29, 1.82) is 0 Å². The molecule has 0 saturated carbocycles. The van der Waals surface area contributed by atoms with Crippen LogP contribution in [0.4, 0.5) is 5.00 Å². The van der Waals surface area contributed by atoms with E-state index >= 15 is 0 Å². The quantitative estimate of drug-likeness (QED) is 0.352. The van der Waals surface area contributed by atoms with Crippen molar-refractivity contribution >= 4 is 56.3 Å². The van der Waals surface area contributed by atoms with Gasteiger partial charge in [0.15, 0.2) is 5.96 Å². The van der Waals surface area contributed by atoms with E-state index in [-0.39, 0.29) is 24.0 Å². The van der Waals surface area contributed by atoms with Crippen LogP contribution in [0.3, 0.4) is 0 Å². The van der Waals surface area contributed by atoms with Crippen LogP contribution in [0.15, 0.2) is 22.5 Å². The van der Waals surface area contributed by atoms with Crippen LogP contribution in [0, 0.1) is 5.92 Å². The van der Waals surface area contributed by atoms with Gasteiger partial charge in [-0.05, 0) is 43.2 Å². The molecule has 0 amide bonds. The Balaban J connectivity index is 0.00000280. The first-order valence-electron chi connectivity index (χ1n) is 9.74. The average molecular weight is 542 g/mol. The molecule has 0 spiro atoms. The number of nitrogens with zero attached hydrogens (tertiary/aromatic N) is 4. The minimum Gasteiger partial charge on any atom is -0.360 e. The predicted octanol–water partition coefficient (Wildman–Crippen LogP) is 2.13. The van der Waals surface area contributed by atoms with Crippen LogP contribution >= 0.6 is 35.3 Å². The summed E-state index contributed by atoms with van der Waals surface area (Å²) in [5.41, 5.74) is 0. The van der Waals surface area contributed by atoms with Crippen LogP contribution in [0.5, 0.6) is 0 Å². The first kappa shape index (κ1) is 23.7. The highest BCUT2D eigenvalue weighted by molar-refractivity contribution is 14.0. The van der Waals surface area contributed by atoms with Crippen molar-refractivity contribution in [2.75, 3.05) is 63.5 Å². The molecule has 1 aromatic heterocycles. The number of halogens is 1. The highest BCUT2D eigenvalue weighted by Gasteiger charge is 2.25. The van der Waals surface area contributed by atoms with Crippen LogP contribution in [0.25, 0.3) is 0 Å². The molecule has 0 aliphatic carbocycles. The zero-order valence-corrected chi connectivity index (χ0v) is 20.7. The fraction of sp³-hybridized carbons (Fsp3) is 0.722. The van der Waals surface area contributed by atoms with E-state index in [1.165, 1.54) is 11.3 Å². The molecule has 160 valence electrons. The molecule has 2 fully saturated rings. The normalized spacial score (nSPS) is 20.1. The number of rotatable bonds is 5. The van der Waals surface area contributed by atoms with Crippen LogP contribution in [-0.2, 0) is 10.0 Å². The van der Waals surface area contributed by atoms with Gasteiger partial charge in [0, 0.05) is 52.4 Å². The summed E-state index contributed by atoms with van der Waals surface area (Å²) in [6.07, 6.45) is 3.08. The SMILES string of the molecule is CCNC(=NCC1CCN(S(C)(=O)=O)CC1)N1CCN(c2cccs2)CC1.I. The number of nitrogens with one attached hydrogen (secondary N) is 1. The highest BCUT2D eigenvalue weighted by atomic mass is 127. The van der Waals surface area contributed by atoms with E-state index in [4.69, 9.17) is 4.99 Å². The summed E-state index contributed by atoms with van der Waals surface area (Å²) in [7, 11) is -3.06. The number of piperazine rings is 1. The molecule has 0 bridgehead atoms.